The summed E-state index contributed by atoms with van der Waals surface area (Å²) in [6.45, 7) is 0.849. The van der Waals surface area contributed by atoms with Gasteiger partial charge < -0.3 is 20.5 Å². The molecule has 0 bridgehead atoms. The van der Waals surface area contributed by atoms with Crippen LogP contribution in [0.1, 0.15) is 36.3 Å². The molecule has 1 saturated carbocycles. The Kier molecular flexibility index (Phi) is 6.94. The third kappa shape index (κ3) is 5.53. The normalized spacial score (nSPS) is 18.1. The van der Waals surface area contributed by atoms with Crippen LogP contribution in [-0.4, -0.2) is 42.8 Å². The lowest BCUT2D eigenvalue weighted by Crippen LogP contribution is -2.38. The number of aliphatic carboxylic acids is 1. The topological polar surface area (TPSA) is 105 Å². The van der Waals surface area contributed by atoms with Crippen molar-refractivity contribution in [3.05, 3.63) is 59.7 Å². The monoisotopic (exact) mass is 446 g/mol. The molecule has 7 heteroatoms. The molecule has 2 aliphatic carbocycles. The SMILES string of the molecule is O=C(O)C#CCNC(=O)CC1CC(CNC(=O)OCC2c3ccccc3-c3ccccc32)C1. The van der Waals surface area contributed by atoms with E-state index in [9.17, 15) is 14.4 Å². The Morgan fingerprint density at radius 2 is 1.58 bits per heavy atom. The number of alkyl carbamates (subject to hydrolysis) is 1. The molecule has 170 valence electrons. The molecule has 0 atom stereocenters. The van der Waals surface area contributed by atoms with Crippen molar-refractivity contribution in [3.63, 3.8) is 0 Å². The standard InChI is InChI=1S/C26H26N2O5/c29-24(27-11-5-10-25(30)31)14-17-12-18(13-17)15-28-26(32)33-16-23-21-8-3-1-6-19(21)20-7-2-4-9-22(20)23/h1-4,6-9,17-18,23H,11-16H2,(H,27,29)(H,28,32)(H,30,31). The molecular formula is C26H26N2O5. The number of benzene rings is 2. The number of fused-ring (bicyclic) bond motifs is 3. The molecule has 0 unspecified atom stereocenters. The van der Waals surface area contributed by atoms with Gasteiger partial charge in [0, 0.05) is 24.8 Å². The average molecular weight is 447 g/mol. The molecule has 2 aromatic carbocycles. The van der Waals surface area contributed by atoms with Crippen LogP contribution in [0.3, 0.4) is 0 Å². The Labute approximate surface area is 192 Å². The fraction of sp³-hybridized carbons (Fsp3) is 0.346. The third-order valence-electron chi connectivity index (χ3n) is 6.26. The van der Waals surface area contributed by atoms with E-state index in [0.717, 1.165) is 12.8 Å². The van der Waals surface area contributed by atoms with Gasteiger partial charge in [0.1, 0.15) is 6.61 Å². The van der Waals surface area contributed by atoms with E-state index in [-0.39, 0.29) is 30.9 Å². The van der Waals surface area contributed by atoms with Crippen molar-refractivity contribution >= 4 is 18.0 Å². The molecule has 0 aliphatic heterocycles. The van der Waals surface area contributed by atoms with Crippen molar-refractivity contribution in [2.45, 2.75) is 25.2 Å². The fourth-order valence-corrected chi connectivity index (χ4v) is 4.68. The number of nitrogens with one attached hydrogen (secondary N) is 2. The number of carbonyl (C=O) groups is 3. The quantitative estimate of drug-likeness (QED) is 0.567. The molecule has 2 aromatic rings. The molecule has 7 nitrogen and oxygen atoms in total. The number of amides is 2. The summed E-state index contributed by atoms with van der Waals surface area (Å²) >= 11 is 0. The van der Waals surface area contributed by atoms with E-state index in [0.29, 0.717) is 18.9 Å². The van der Waals surface area contributed by atoms with Gasteiger partial charge in [-0.15, -0.1) is 0 Å². The molecule has 0 spiro atoms. The highest BCUT2D eigenvalue weighted by atomic mass is 16.5. The summed E-state index contributed by atoms with van der Waals surface area (Å²) in [5, 5.41) is 13.9. The zero-order valence-corrected chi connectivity index (χ0v) is 18.2. The lowest BCUT2D eigenvalue weighted by molar-refractivity contribution is -0.130. The Hall–Kier alpha value is -3.79. The second-order valence-electron chi connectivity index (χ2n) is 8.50. The number of carboxylic acids is 1. The van der Waals surface area contributed by atoms with Crippen LogP contribution in [0.5, 0.6) is 0 Å². The van der Waals surface area contributed by atoms with Gasteiger partial charge in [-0.25, -0.2) is 9.59 Å². The number of hydrogen-bond donors (Lipinski definition) is 3. The van der Waals surface area contributed by atoms with Crippen LogP contribution in [0.25, 0.3) is 11.1 Å². The van der Waals surface area contributed by atoms with Crippen LogP contribution >= 0.6 is 0 Å². The molecule has 0 aromatic heterocycles. The molecule has 3 N–H and O–H groups in total. The van der Waals surface area contributed by atoms with Gasteiger partial charge in [0.25, 0.3) is 0 Å². The van der Waals surface area contributed by atoms with Gasteiger partial charge in [-0.3, -0.25) is 4.79 Å². The van der Waals surface area contributed by atoms with E-state index in [1.807, 2.05) is 30.2 Å². The van der Waals surface area contributed by atoms with Crippen molar-refractivity contribution in [2.24, 2.45) is 11.8 Å². The first-order valence-corrected chi connectivity index (χ1v) is 11.1. The van der Waals surface area contributed by atoms with E-state index in [1.165, 1.54) is 22.3 Å². The lowest BCUT2D eigenvalue weighted by atomic mass is 9.73. The van der Waals surface area contributed by atoms with Crippen LogP contribution < -0.4 is 10.6 Å². The number of hydrogen-bond acceptors (Lipinski definition) is 4. The Morgan fingerprint density at radius 3 is 2.21 bits per heavy atom. The van der Waals surface area contributed by atoms with Crippen LogP contribution in [0.15, 0.2) is 48.5 Å². The molecule has 4 rings (SSSR count). The third-order valence-corrected chi connectivity index (χ3v) is 6.26. The van der Waals surface area contributed by atoms with Crippen molar-refractivity contribution in [2.75, 3.05) is 19.7 Å². The van der Waals surface area contributed by atoms with E-state index in [4.69, 9.17) is 9.84 Å². The highest BCUT2D eigenvalue weighted by Gasteiger charge is 2.32. The van der Waals surface area contributed by atoms with Gasteiger partial charge in [0.05, 0.1) is 6.54 Å². The zero-order chi connectivity index (χ0) is 23.2. The first-order chi connectivity index (χ1) is 16.0. The van der Waals surface area contributed by atoms with Crippen molar-refractivity contribution < 1.29 is 24.2 Å². The maximum Gasteiger partial charge on any atom is 0.407 e. The van der Waals surface area contributed by atoms with E-state index < -0.39 is 12.1 Å². The smallest absolute Gasteiger partial charge is 0.407 e. The second kappa shape index (κ2) is 10.2. The van der Waals surface area contributed by atoms with Crippen molar-refractivity contribution in [1.82, 2.24) is 10.6 Å². The number of rotatable bonds is 7. The Balaban J connectivity index is 1.16. The van der Waals surface area contributed by atoms with Gasteiger partial charge in [-0.2, -0.15) is 0 Å². The predicted octanol–water partition coefficient (Wildman–Crippen LogP) is 3.15. The van der Waals surface area contributed by atoms with E-state index >= 15 is 0 Å². The van der Waals surface area contributed by atoms with Crippen LogP contribution in [0.4, 0.5) is 4.79 Å². The molecule has 0 saturated heterocycles. The van der Waals surface area contributed by atoms with Crippen molar-refractivity contribution in [3.8, 4) is 23.0 Å². The molecular weight excluding hydrogens is 420 g/mol. The summed E-state index contributed by atoms with van der Waals surface area (Å²) in [5.74, 6) is 3.61. The van der Waals surface area contributed by atoms with E-state index in [2.05, 4.69) is 40.8 Å². The summed E-state index contributed by atoms with van der Waals surface area (Å²) < 4.78 is 5.55. The van der Waals surface area contributed by atoms with Gasteiger partial charge in [0.15, 0.2) is 0 Å². The minimum Gasteiger partial charge on any atom is -0.472 e. The summed E-state index contributed by atoms with van der Waals surface area (Å²) in [6.07, 6.45) is 1.68. The number of ether oxygens (including phenoxy) is 1. The highest BCUT2D eigenvalue weighted by Crippen LogP contribution is 2.44. The molecule has 0 heterocycles. The fourth-order valence-electron chi connectivity index (χ4n) is 4.68. The van der Waals surface area contributed by atoms with Crippen LogP contribution in [-0.2, 0) is 14.3 Å². The van der Waals surface area contributed by atoms with Crippen LogP contribution in [0, 0.1) is 23.7 Å². The van der Waals surface area contributed by atoms with Gasteiger partial charge >= 0.3 is 12.1 Å². The molecule has 1 fully saturated rings. The maximum atomic E-state index is 12.3. The zero-order valence-electron chi connectivity index (χ0n) is 18.2. The number of carboxylic acid groups (broad SMARTS) is 1. The lowest BCUT2D eigenvalue weighted by Gasteiger charge is -2.34. The average Bonchev–Trinajstić information content (AvgIpc) is 3.10. The van der Waals surface area contributed by atoms with Gasteiger partial charge in [-0.1, -0.05) is 54.5 Å². The minimum absolute atomic E-state index is 0.0324. The largest absolute Gasteiger partial charge is 0.472 e. The van der Waals surface area contributed by atoms with Gasteiger partial charge in [-0.05, 0) is 46.9 Å². The first-order valence-electron chi connectivity index (χ1n) is 11.1. The summed E-state index contributed by atoms with van der Waals surface area (Å²) in [7, 11) is 0. The Bertz CT molecular complexity index is 1070. The predicted molar refractivity (Wildman–Crippen MR) is 122 cm³/mol. The highest BCUT2D eigenvalue weighted by molar-refractivity contribution is 5.86. The van der Waals surface area contributed by atoms with Gasteiger partial charge in [0.2, 0.25) is 5.91 Å². The number of carbonyl (C=O) groups excluding carboxylic acids is 2. The van der Waals surface area contributed by atoms with Crippen LogP contribution in [0.2, 0.25) is 0 Å². The summed E-state index contributed by atoms with van der Waals surface area (Å²) in [5.41, 5.74) is 4.75. The maximum absolute atomic E-state index is 12.3. The van der Waals surface area contributed by atoms with Crippen molar-refractivity contribution in [1.29, 1.82) is 0 Å². The second-order valence-corrected chi connectivity index (χ2v) is 8.50. The summed E-state index contributed by atoms with van der Waals surface area (Å²) in [4.78, 5) is 34.4. The molecule has 2 amide bonds. The van der Waals surface area contributed by atoms with E-state index in [1.54, 1.807) is 0 Å². The first kappa shape index (κ1) is 22.4. The summed E-state index contributed by atoms with van der Waals surface area (Å²) in [6, 6.07) is 16.4. The molecule has 2 aliphatic rings. The molecule has 0 radical (unpaired) electrons. The minimum atomic E-state index is -1.21. The Morgan fingerprint density at radius 1 is 0.939 bits per heavy atom. The molecule has 33 heavy (non-hydrogen) atoms.